The largest absolute Gasteiger partial charge is 0.491 e. The number of benzene rings is 3. The molecule has 3 aromatic carbocycles. The number of amides is 1. The van der Waals surface area contributed by atoms with Crippen LogP contribution in [-0.2, 0) is 0 Å². The van der Waals surface area contributed by atoms with E-state index in [1.807, 2.05) is 29.2 Å². The quantitative estimate of drug-likeness (QED) is 0.504. The van der Waals surface area contributed by atoms with Crippen LogP contribution in [0.5, 0.6) is 5.75 Å². The van der Waals surface area contributed by atoms with Gasteiger partial charge >= 0.3 is 0 Å². The summed E-state index contributed by atoms with van der Waals surface area (Å²) in [6.07, 6.45) is 1.13. The van der Waals surface area contributed by atoms with Gasteiger partial charge in [-0.25, -0.2) is 0 Å². The summed E-state index contributed by atoms with van der Waals surface area (Å²) in [7, 11) is 0. The highest BCUT2D eigenvalue weighted by atomic mass is 16.5. The zero-order chi connectivity index (χ0) is 22.3. The molecule has 0 aliphatic carbocycles. The third-order valence-electron chi connectivity index (χ3n) is 6.21. The molecule has 1 heterocycles. The van der Waals surface area contributed by atoms with Crippen molar-refractivity contribution in [3.05, 3.63) is 102 Å². The first kappa shape index (κ1) is 22.1. The van der Waals surface area contributed by atoms with Gasteiger partial charge in [0, 0.05) is 31.7 Å². The highest BCUT2D eigenvalue weighted by molar-refractivity contribution is 5.94. The van der Waals surface area contributed by atoms with Gasteiger partial charge in [0.2, 0.25) is 0 Å². The number of ether oxygens (including phenoxy) is 1. The van der Waals surface area contributed by atoms with Crippen LogP contribution in [0.1, 0.15) is 47.8 Å². The van der Waals surface area contributed by atoms with Crippen LogP contribution >= 0.6 is 0 Å². The smallest absolute Gasteiger partial charge is 0.253 e. The Morgan fingerprint density at radius 3 is 1.84 bits per heavy atom. The molecule has 0 radical (unpaired) electrons. The van der Waals surface area contributed by atoms with Crippen LogP contribution in [0.25, 0.3) is 0 Å². The first-order valence-electron chi connectivity index (χ1n) is 11.6. The molecule has 1 atom stereocenters. The minimum Gasteiger partial charge on any atom is -0.491 e. The molecule has 0 aromatic heterocycles. The van der Waals surface area contributed by atoms with E-state index in [0.29, 0.717) is 0 Å². The van der Waals surface area contributed by atoms with Crippen molar-refractivity contribution in [1.29, 1.82) is 0 Å². The van der Waals surface area contributed by atoms with Crippen molar-refractivity contribution in [2.75, 3.05) is 26.2 Å². The topological polar surface area (TPSA) is 32.8 Å². The highest BCUT2D eigenvalue weighted by Gasteiger charge is 2.28. The van der Waals surface area contributed by atoms with Crippen LogP contribution in [0, 0.1) is 0 Å². The van der Waals surface area contributed by atoms with Crippen molar-refractivity contribution in [1.82, 2.24) is 9.80 Å². The van der Waals surface area contributed by atoms with Crippen molar-refractivity contribution in [3.8, 4) is 5.75 Å². The van der Waals surface area contributed by atoms with Gasteiger partial charge in [0.05, 0.1) is 12.1 Å². The van der Waals surface area contributed by atoms with Crippen molar-refractivity contribution >= 4 is 5.91 Å². The van der Waals surface area contributed by atoms with Gasteiger partial charge in [-0.3, -0.25) is 9.69 Å². The predicted molar refractivity (Wildman–Crippen MR) is 129 cm³/mol. The fourth-order valence-electron chi connectivity index (χ4n) is 4.24. The minimum atomic E-state index is 0.0933. The van der Waals surface area contributed by atoms with Crippen LogP contribution in [0.15, 0.2) is 84.9 Å². The van der Waals surface area contributed by atoms with Gasteiger partial charge in [0.15, 0.2) is 0 Å². The lowest BCUT2D eigenvalue weighted by Crippen LogP contribution is -2.49. The summed E-state index contributed by atoms with van der Waals surface area (Å²) in [4.78, 5) is 17.5. The Bertz CT molecular complexity index is 941. The van der Waals surface area contributed by atoms with Gasteiger partial charge in [-0.1, -0.05) is 67.6 Å². The fraction of sp³-hybridized carbons (Fsp3) is 0.321. The maximum atomic E-state index is 13.1. The molecule has 1 amide bonds. The first-order valence-corrected chi connectivity index (χ1v) is 11.6. The third-order valence-corrected chi connectivity index (χ3v) is 6.21. The zero-order valence-corrected chi connectivity index (χ0v) is 19.0. The molecule has 0 saturated carbocycles. The molecule has 32 heavy (non-hydrogen) atoms. The van der Waals surface area contributed by atoms with Crippen LogP contribution in [0.4, 0.5) is 0 Å². The van der Waals surface area contributed by atoms with Gasteiger partial charge in [-0.05, 0) is 48.7 Å². The number of piperazine rings is 1. The van der Waals surface area contributed by atoms with E-state index < -0.39 is 0 Å². The third kappa shape index (κ3) is 5.20. The molecule has 166 valence electrons. The zero-order valence-electron chi connectivity index (χ0n) is 19.0. The minimum absolute atomic E-state index is 0.0933. The number of carbonyl (C=O) groups is 1. The SMILES string of the molecule is CCC(C)Oc1ccc(C(=O)N2CCN(C(c3ccccc3)c3ccccc3)CC2)cc1. The van der Waals surface area contributed by atoms with Gasteiger partial charge in [-0.2, -0.15) is 0 Å². The molecule has 3 aromatic rings. The molecule has 1 fully saturated rings. The van der Waals surface area contributed by atoms with E-state index in [-0.39, 0.29) is 18.1 Å². The molecule has 0 spiro atoms. The standard InChI is InChI=1S/C28H32N2O2/c1-3-22(2)32-26-16-14-25(15-17-26)28(31)30-20-18-29(19-21-30)27(23-10-6-4-7-11-23)24-12-8-5-9-13-24/h4-17,22,27H,3,18-21H2,1-2H3. The Balaban J connectivity index is 1.43. The molecular weight excluding hydrogens is 396 g/mol. The molecule has 4 heteroatoms. The van der Waals surface area contributed by atoms with Crippen molar-refractivity contribution in [2.45, 2.75) is 32.4 Å². The second kappa shape index (κ2) is 10.5. The van der Waals surface area contributed by atoms with E-state index in [2.05, 4.69) is 79.4 Å². The normalized spacial score (nSPS) is 15.5. The van der Waals surface area contributed by atoms with Crippen LogP contribution < -0.4 is 4.74 Å². The molecule has 1 aliphatic rings. The van der Waals surface area contributed by atoms with Crippen molar-refractivity contribution in [2.24, 2.45) is 0 Å². The fourth-order valence-corrected chi connectivity index (χ4v) is 4.24. The van der Waals surface area contributed by atoms with Crippen LogP contribution in [-0.4, -0.2) is 48.0 Å². The lowest BCUT2D eigenvalue weighted by molar-refractivity contribution is 0.0597. The molecule has 1 aliphatic heterocycles. The number of rotatable bonds is 7. The van der Waals surface area contributed by atoms with E-state index in [9.17, 15) is 4.79 Å². The summed E-state index contributed by atoms with van der Waals surface area (Å²) in [6, 6.07) is 29.0. The Hall–Kier alpha value is -3.11. The molecular formula is C28H32N2O2. The van der Waals surface area contributed by atoms with Gasteiger partial charge in [-0.15, -0.1) is 0 Å². The second-order valence-corrected chi connectivity index (χ2v) is 8.41. The Kier molecular flexibility index (Phi) is 7.23. The van der Waals surface area contributed by atoms with E-state index >= 15 is 0 Å². The first-order chi connectivity index (χ1) is 15.7. The summed E-state index contributed by atoms with van der Waals surface area (Å²) in [6.45, 7) is 7.28. The molecule has 4 nitrogen and oxygen atoms in total. The van der Waals surface area contributed by atoms with Crippen LogP contribution in [0.3, 0.4) is 0 Å². The Morgan fingerprint density at radius 2 is 1.34 bits per heavy atom. The molecule has 0 N–H and O–H groups in total. The van der Waals surface area contributed by atoms with E-state index in [1.165, 1.54) is 11.1 Å². The maximum Gasteiger partial charge on any atom is 0.253 e. The highest BCUT2D eigenvalue weighted by Crippen LogP contribution is 2.29. The van der Waals surface area contributed by atoms with Gasteiger partial charge in [0.1, 0.15) is 5.75 Å². The summed E-state index contributed by atoms with van der Waals surface area (Å²) in [5.74, 6) is 0.907. The average molecular weight is 429 g/mol. The number of hydrogen-bond acceptors (Lipinski definition) is 3. The molecule has 4 rings (SSSR count). The lowest BCUT2D eigenvalue weighted by atomic mass is 9.96. The molecule has 1 saturated heterocycles. The maximum absolute atomic E-state index is 13.1. The van der Waals surface area contributed by atoms with Crippen LogP contribution in [0.2, 0.25) is 0 Å². The molecule has 0 bridgehead atoms. The van der Waals surface area contributed by atoms with E-state index in [4.69, 9.17) is 4.74 Å². The van der Waals surface area contributed by atoms with E-state index in [1.54, 1.807) is 0 Å². The monoisotopic (exact) mass is 428 g/mol. The summed E-state index contributed by atoms with van der Waals surface area (Å²) < 4.78 is 5.84. The van der Waals surface area contributed by atoms with Crippen molar-refractivity contribution < 1.29 is 9.53 Å². The predicted octanol–water partition coefficient (Wildman–Crippen LogP) is 5.41. The summed E-state index contributed by atoms with van der Waals surface area (Å²) in [5.41, 5.74) is 3.29. The number of hydrogen-bond donors (Lipinski definition) is 0. The Morgan fingerprint density at radius 1 is 0.812 bits per heavy atom. The van der Waals surface area contributed by atoms with Crippen molar-refractivity contribution in [3.63, 3.8) is 0 Å². The lowest BCUT2D eigenvalue weighted by Gasteiger charge is -2.39. The van der Waals surface area contributed by atoms with Gasteiger partial charge < -0.3 is 9.64 Å². The number of nitrogens with zero attached hydrogens (tertiary/aromatic N) is 2. The second-order valence-electron chi connectivity index (χ2n) is 8.41. The van der Waals surface area contributed by atoms with Gasteiger partial charge in [0.25, 0.3) is 5.91 Å². The van der Waals surface area contributed by atoms with E-state index in [0.717, 1.165) is 43.9 Å². The summed E-state index contributed by atoms with van der Waals surface area (Å²) in [5, 5.41) is 0. The number of carbonyl (C=O) groups excluding carboxylic acids is 1. The summed E-state index contributed by atoms with van der Waals surface area (Å²) >= 11 is 0. The molecule has 1 unspecified atom stereocenters. The Labute approximate surface area is 191 Å². The average Bonchev–Trinajstić information content (AvgIpc) is 2.86.